The number of aliphatic hydroxyl groups excluding tert-OH is 1. The highest BCUT2D eigenvalue weighted by molar-refractivity contribution is 7.18. The predicted molar refractivity (Wildman–Crippen MR) is 145 cm³/mol. The first kappa shape index (κ1) is 24.4. The minimum atomic E-state index is -0.455. The lowest BCUT2D eigenvalue weighted by Gasteiger charge is -2.29. The van der Waals surface area contributed by atoms with Gasteiger partial charge in [0, 0.05) is 11.1 Å². The van der Waals surface area contributed by atoms with E-state index >= 15 is 0 Å². The van der Waals surface area contributed by atoms with Crippen molar-refractivity contribution in [1.29, 1.82) is 0 Å². The summed E-state index contributed by atoms with van der Waals surface area (Å²) in [6.07, 6.45) is 0.103. The standard InChI is InChI=1S/C28H24N4O4S/c1-17-22-5-3-4-6-23(22)27(31-32(17)19-8-10-21(36-2)11-9-19)28(35)29-15-20(34)14-26-30-24-12-7-18(16-33)13-25(24)37-26/h3-13,33H,1,14-16H2,2H3,(H,29,35). The average molecular weight is 513 g/mol. The Balaban J connectivity index is 1.32. The number of carbonyl (C=O) groups excluding carboxylic acids is 2. The van der Waals surface area contributed by atoms with Gasteiger partial charge in [-0.15, -0.1) is 11.3 Å². The van der Waals surface area contributed by atoms with Crippen molar-refractivity contribution in [2.24, 2.45) is 5.10 Å². The predicted octanol–water partition coefficient (Wildman–Crippen LogP) is 3.92. The third kappa shape index (κ3) is 5.00. The summed E-state index contributed by atoms with van der Waals surface area (Å²) in [7, 11) is 1.59. The second-order valence-corrected chi connectivity index (χ2v) is 9.53. The van der Waals surface area contributed by atoms with Crippen LogP contribution in [-0.2, 0) is 22.6 Å². The monoisotopic (exact) mass is 512 g/mol. The van der Waals surface area contributed by atoms with Crippen LogP contribution in [0.3, 0.4) is 0 Å². The van der Waals surface area contributed by atoms with E-state index in [0.29, 0.717) is 22.0 Å². The maximum atomic E-state index is 13.2. The smallest absolute Gasteiger partial charge is 0.272 e. The second kappa shape index (κ2) is 10.3. The van der Waals surface area contributed by atoms with Gasteiger partial charge in [-0.2, -0.15) is 5.10 Å². The Bertz CT molecular complexity index is 1540. The first-order valence-electron chi connectivity index (χ1n) is 11.6. The number of thiazole rings is 1. The molecule has 0 radical (unpaired) electrons. The number of nitrogens with zero attached hydrogens (tertiary/aromatic N) is 3. The molecule has 8 nitrogen and oxygen atoms in total. The molecule has 2 heterocycles. The number of carbonyl (C=O) groups is 2. The lowest BCUT2D eigenvalue weighted by atomic mass is 9.98. The number of ketones is 1. The molecule has 0 spiro atoms. The van der Waals surface area contributed by atoms with Crippen molar-refractivity contribution in [3.8, 4) is 5.75 Å². The van der Waals surface area contributed by atoms with Gasteiger partial charge in [0.2, 0.25) is 0 Å². The van der Waals surface area contributed by atoms with Gasteiger partial charge in [-0.3, -0.25) is 9.59 Å². The van der Waals surface area contributed by atoms with Crippen LogP contribution in [0.15, 0.2) is 78.4 Å². The summed E-state index contributed by atoms with van der Waals surface area (Å²) in [4.78, 5) is 30.4. The molecule has 3 aromatic carbocycles. The van der Waals surface area contributed by atoms with Crippen LogP contribution in [0.1, 0.15) is 21.7 Å². The van der Waals surface area contributed by atoms with Crippen LogP contribution in [0.25, 0.3) is 15.9 Å². The SMILES string of the molecule is C=C1c2ccccc2C(C(=O)NCC(=O)Cc2nc3ccc(CO)cc3s2)=NN1c1ccc(OC)cc1. The number of hydrogen-bond acceptors (Lipinski definition) is 8. The maximum Gasteiger partial charge on any atom is 0.272 e. The molecule has 5 rings (SSSR count). The topological polar surface area (TPSA) is 104 Å². The van der Waals surface area contributed by atoms with Crippen LogP contribution < -0.4 is 15.1 Å². The minimum Gasteiger partial charge on any atom is -0.497 e. The molecule has 1 aliphatic heterocycles. The number of anilines is 1. The Morgan fingerprint density at radius 3 is 2.57 bits per heavy atom. The molecule has 4 aromatic rings. The van der Waals surface area contributed by atoms with Crippen molar-refractivity contribution in [1.82, 2.24) is 10.3 Å². The minimum absolute atomic E-state index is 0.0512. The van der Waals surface area contributed by atoms with Gasteiger partial charge in [0.1, 0.15) is 10.8 Å². The number of nitrogens with one attached hydrogen (secondary N) is 1. The van der Waals surface area contributed by atoms with Crippen molar-refractivity contribution >= 4 is 50.3 Å². The zero-order chi connectivity index (χ0) is 25.9. The van der Waals surface area contributed by atoms with E-state index in [4.69, 9.17) is 4.74 Å². The number of hydrogen-bond donors (Lipinski definition) is 2. The number of rotatable bonds is 8. The van der Waals surface area contributed by atoms with Gasteiger partial charge in [0.05, 0.1) is 48.3 Å². The zero-order valence-corrected chi connectivity index (χ0v) is 20.9. The summed E-state index contributed by atoms with van der Waals surface area (Å²) in [6, 6.07) is 20.2. The fraction of sp³-hybridized carbons (Fsp3) is 0.143. The van der Waals surface area contributed by atoms with E-state index in [1.54, 1.807) is 18.2 Å². The summed E-state index contributed by atoms with van der Waals surface area (Å²) >= 11 is 1.40. The summed E-state index contributed by atoms with van der Waals surface area (Å²) < 4.78 is 6.14. The van der Waals surface area contributed by atoms with Crippen molar-refractivity contribution in [2.45, 2.75) is 13.0 Å². The molecule has 2 N–H and O–H groups in total. The molecule has 1 amide bonds. The van der Waals surface area contributed by atoms with E-state index in [1.807, 2.05) is 60.7 Å². The maximum absolute atomic E-state index is 13.2. The fourth-order valence-electron chi connectivity index (χ4n) is 4.06. The van der Waals surface area contributed by atoms with E-state index in [-0.39, 0.29) is 31.1 Å². The van der Waals surface area contributed by atoms with Gasteiger partial charge in [-0.1, -0.05) is 36.9 Å². The molecule has 0 fully saturated rings. The molecule has 0 unspecified atom stereocenters. The summed E-state index contributed by atoms with van der Waals surface area (Å²) in [5.41, 5.74) is 4.55. The van der Waals surface area contributed by atoms with Crippen LogP contribution in [0.4, 0.5) is 5.69 Å². The molecule has 1 aliphatic rings. The zero-order valence-electron chi connectivity index (χ0n) is 20.1. The molecule has 0 atom stereocenters. The molecule has 0 aliphatic carbocycles. The van der Waals surface area contributed by atoms with E-state index < -0.39 is 5.91 Å². The van der Waals surface area contributed by atoms with E-state index in [2.05, 4.69) is 22.0 Å². The molecule has 9 heteroatoms. The van der Waals surface area contributed by atoms with Crippen LogP contribution >= 0.6 is 11.3 Å². The van der Waals surface area contributed by atoms with E-state index in [1.165, 1.54) is 11.3 Å². The Hall–Kier alpha value is -4.34. The number of methoxy groups -OCH3 is 1. The quantitative estimate of drug-likeness (QED) is 0.371. The van der Waals surface area contributed by atoms with Crippen LogP contribution in [0.2, 0.25) is 0 Å². The summed E-state index contributed by atoms with van der Waals surface area (Å²) in [5, 5.41) is 18.9. The van der Waals surface area contributed by atoms with Gasteiger partial charge >= 0.3 is 0 Å². The third-order valence-corrected chi connectivity index (χ3v) is 6.97. The number of benzene rings is 3. The van der Waals surface area contributed by atoms with Crippen molar-refractivity contribution in [3.05, 3.63) is 95.0 Å². The summed E-state index contributed by atoms with van der Waals surface area (Å²) in [6.45, 7) is 3.98. The molecule has 1 aromatic heterocycles. The normalized spacial score (nSPS) is 12.8. The number of ether oxygens (including phenoxy) is 1. The lowest BCUT2D eigenvalue weighted by Crippen LogP contribution is -2.39. The van der Waals surface area contributed by atoms with Crippen molar-refractivity contribution < 1.29 is 19.4 Å². The van der Waals surface area contributed by atoms with Crippen molar-refractivity contribution in [3.63, 3.8) is 0 Å². The summed E-state index contributed by atoms with van der Waals surface area (Å²) in [5.74, 6) is 0.0776. The van der Waals surface area contributed by atoms with Gasteiger partial charge in [0.15, 0.2) is 11.5 Å². The van der Waals surface area contributed by atoms with Gasteiger partial charge in [0.25, 0.3) is 5.91 Å². The van der Waals surface area contributed by atoms with Gasteiger partial charge in [-0.25, -0.2) is 9.99 Å². The largest absolute Gasteiger partial charge is 0.497 e. The van der Waals surface area contributed by atoms with Crippen LogP contribution in [0, 0.1) is 0 Å². The highest BCUT2D eigenvalue weighted by Crippen LogP contribution is 2.33. The third-order valence-electron chi connectivity index (χ3n) is 5.96. The number of hydrazone groups is 1. The van der Waals surface area contributed by atoms with E-state index in [9.17, 15) is 14.7 Å². The fourth-order valence-corrected chi connectivity index (χ4v) is 5.12. The van der Waals surface area contributed by atoms with Crippen LogP contribution in [0.5, 0.6) is 5.75 Å². The molecule has 0 bridgehead atoms. The number of aromatic nitrogens is 1. The first-order valence-corrected chi connectivity index (χ1v) is 12.4. The Morgan fingerprint density at radius 1 is 1.08 bits per heavy atom. The number of Topliss-reactive ketones (excluding diaryl/α,β-unsaturated/α-hetero) is 1. The Kier molecular flexibility index (Phi) is 6.80. The van der Waals surface area contributed by atoms with Crippen LogP contribution in [-0.4, -0.2) is 41.1 Å². The Labute approximate surface area is 217 Å². The molecule has 37 heavy (non-hydrogen) atoms. The highest BCUT2D eigenvalue weighted by atomic mass is 32.1. The number of fused-ring (bicyclic) bond motifs is 2. The van der Waals surface area contributed by atoms with E-state index in [0.717, 1.165) is 27.0 Å². The highest BCUT2D eigenvalue weighted by Gasteiger charge is 2.28. The molecule has 0 saturated carbocycles. The van der Waals surface area contributed by atoms with Gasteiger partial charge in [-0.05, 0) is 42.0 Å². The lowest BCUT2D eigenvalue weighted by molar-refractivity contribution is -0.121. The van der Waals surface area contributed by atoms with Gasteiger partial charge < -0.3 is 15.2 Å². The molecule has 186 valence electrons. The second-order valence-electron chi connectivity index (χ2n) is 8.42. The van der Waals surface area contributed by atoms with Crippen molar-refractivity contribution in [2.75, 3.05) is 18.7 Å². The Morgan fingerprint density at radius 2 is 1.84 bits per heavy atom. The molecular weight excluding hydrogens is 488 g/mol. The molecule has 0 saturated heterocycles. The number of amides is 1. The first-order chi connectivity index (χ1) is 18.0. The number of aliphatic hydroxyl groups is 1. The molecular formula is C28H24N4O4S. The average Bonchev–Trinajstić information content (AvgIpc) is 3.33.